The molecule has 0 aromatic heterocycles. The maximum absolute atomic E-state index is 5.48. The summed E-state index contributed by atoms with van der Waals surface area (Å²) in [5, 5.41) is 0.672. The lowest BCUT2D eigenvalue weighted by Crippen LogP contribution is -1.81. The van der Waals surface area contributed by atoms with E-state index in [0.717, 1.165) is 0 Å². The first kappa shape index (κ1) is 11.7. The Morgan fingerprint density at radius 2 is 1.60 bits per heavy atom. The van der Waals surface area contributed by atoms with E-state index in [0.29, 0.717) is 5.25 Å². The topological polar surface area (TPSA) is 0 Å². The smallest absolute Gasteiger partial charge is 0.108 e. The zero-order valence-corrected chi connectivity index (χ0v) is 10.8. The van der Waals surface area contributed by atoms with E-state index < -0.39 is 3.64 Å². The molecule has 0 aromatic rings. The highest BCUT2D eigenvalue weighted by molar-refractivity contribution is 9.23. The second kappa shape index (κ2) is 5.36. The van der Waals surface area contributed by atoms with E-state index in [1.807, 2.05) is 34.1 Å². The van der Waals surface area contributed by atoms with E-state index in [4.69, 9.17) is 11.8 Å². The van der Waals surface area contributed by atoms with E-state index in [2.05, 4.69) is 26.4 Å². The summed E-state index contributed by atoms with van der Waals surface area (Å²) in [6, 6.07) is 0. The van der Waals surface area contributed by atoms with Gasteiger partial charge in [0.05, 0.1) is 0 Å². The van der Waals surface area contributed by atoms with Crippen LogP contribution < -0.4 is 0 Å². The predicted molar refractivity (Wildman–Crippen MR) is 64.0 cm³/mol. The number of hydrogen-bond acceptors (Lipinski definition) is 4. The predicted octanol–water partition coefficient (Wildman–Crippen LogP) is 4.08. The van der Waals surface area contributed by atoms with Crippen molar-refractivity contribution in [2.45, 2.75) is 19.1 Å². The summed E-state index contributed by atoms with van der Waals surface area (Å²) in [7, 11) is 0. The third-order valence-electron chi connectivity index (χ3n) is 0.787. The molecule has 0 saturated carbocycles. The van der Waals surface area contributed by atoms with Crippen LogP contribution in [0.1, 0.15) is 13.8 Å². The van der Waals surface area contributed by atoms with E-state index in [1.54, 1.807) is 0 Å². The van der Waals surface area contributed by atoms with E-state index >= 15 is 0 Å². The second-order valence-corrected chi connectivity index (χ2v) is 18.3. The maximum Gasteiger partial charge on any atom is 0.109 e. The van der Waals surface area contributed by atoms with Crippen LogP contribution >= 0.6 is 37.8 Å². The first-order chi connectivity index (χ1) is 4.54. The average molecular weight is 232 g/mol. The van der Waals surface area contributed by atoms with Crippen molar-refractivity contribution in [1.82, 2.24) is 0 Å². The van der Waals surface area contributed by atoms with Gasteiger partial charge in [-0.2, -0.15) is 0 Å². The maximum atomic E-state index is 5.48. The van der Waals surface area contributed by atoms with Crippen LogP contribution in [-0.2, 0) is 11.8 Å². The van der Waals surface area contributed by atoms with Gasteiger partial charge in [-0.15, -0.1) is 34.1 Å². The third-order valence-corrected chi connectivity index (χ3v) is 17.5. The molecule has 0 atom stereocenters. The highest BCUT2D eigenvalue weighted by Gasteiger charge is 2.15. The Morgan fingerprint density at radius 3 is 1.70 bits per heavy atom. The SMILES string of the molecule is CSP(=S)(SC)SC(C)C. The zero-order valence-electron chi connectivity index (χ0n) is 6.66. The van der Waals surface area contributed by atoms with Crippen LogP contribution in [0.2, 0.25) is 0 Å². The van der Waals surface area contributed by atoms with Crippen LogP contribution in [0.4, 0.5) is 0 Å². The van der Waals surface area contributed by atoms with Gasteiger partial charge in [0, 0.05) is 5.25 Å². The minimum atomic E-state index is -1.15. The van der Waals surface area contributed by atoms with Crippen molar-refractivity contribution in [2.24, 2.45) is 0 Å². The second-order valence-electron chi connectivity index (χ2n) is 1.97. The van der Waals surface area contributed by atoms with Crippen molar-refractivity contribution in [3.05, 3.63) is 0 Å². The van der Waals surface area contributed by atoms with Gasteiger partial charge in [-0.1, -0.05) is 25.7 Å². The van der Waals surface area contributed by atoms with Crippen molar-refractivity contribution < 1.29 is 0 Å². The Balaban J connectivity index is 3.94. The molecule has 0 fully saturated rings. The Labute approximate surface area is 80.9 Å². The van der Waals surface area contributed by atoms with Gasteiger partial charge in [0.1, 0.15) is 3.64 Å². The minimum absolute atomic E-state index is 0.672. The van der Waals surface area contributed by atoms with Crippen LogP contribution in [0, 0.1) is 0 Å². The van der Waals surface area contributed by atoms with E-state index in [-0.39, 0.29) is 0 Å². The van der Waals surface area contributed by atoms with Crippen LogP contribution in [0.5, 0.6) is 0 Å². The fraction of sp³-hybridized carbons (Fsp3) is 1.00. The third kappa shape index (κ3) is 4.55. The summed E-state index contributed by atoms with van der Waals surface area (Å²) in [5.74, 6) is 0. The summed E-state index contributed by atoms with van der Waals surface area (Å²) in [6.07, 6.45) is 4.24. The molecule has 5 heteroatoms. The molecule has 0 heterocycles. The lowest BCUT2D eigenvalue weighted by atomic mass is 10.6. The Kier molecular flexibility index (Phi) is 6.28. The monoisotopic (exact) mass is 232 g/mol. The molecule has 0 spiro atoms. The van der Waals surface area contributed by atoms with Gasteiger partial charge in [-0.25, -0.2) is 0 Å². The largest absolute Gasteiger partial charge is 0.109 e. The number of rotatable bonds is 4. The molecule has 62 valence electrons. The Hall–Kier alpha value is 1.70. The summed E-state index contributed by atoms with van der Waals surface area (Å²) in [4.78, 5) is 0. The van der Waals surface area contributed by atoms with Gasteiger partial charge in [0.2, 0.25) is 0 Å². The highest BCUT2D eigenvalue weighted by Crippen LogP contribution is 2.77. The summed E-state index contributed by atoms with van der Waals surface area (Å²) >= 11 is 11.1. The molecule has 0 N–H and O–H groups in total. The van der Waals surface area contributed by atoms with Crippen LogP contribution in [0.3, 0.4) is 0 Å². The molecule has 0 unspecified atom stereocenters. The summed E-state index contributed by atoms with van der Waals surface area (Å²) in [6.45, 7) is 4.41. The van der Waals surface area contributed by atoms with E-state index in [9.17, 15) is 0 Å². The van der Waals surface area contributed by atoms with Gasteiger partial charge < -0.3 is 0 Å². The molecule has 0 aliphatic carbocycles. The van der Waals surface area contributed by atoms with E-state index in [1.165, 1.54) is 0 Å². The van der Waals surface area contributed by atoms with Gasteiger partial charge >= 0.3 is 0 Å². The molecule has 0 amide bonds. The van der Waals surface area contributed by atoms with Gasteiger partial charge in [-0.05, 0) is 12.5 Å². The molecule has 0 bridgehead atoms. The van der Waals surface area contributed by atoms with Gasteiger partial charge in [-0.3, -0.25) is 0 Å². The first-order valence-electron chi connectivity index (χ1n) is 2.94. The molecule has 0 aromatic carbocycles. The van der Waals surface area contributed by atoms with Crippen molar-refractivity contribution in [3.8, 4) is 0 Å². The quantitative estimate of drug-likeness (QED) is 0.670. The zero-order chi connectivity index (χ0) is 8.20. The van der Waals surface area contributed by atoms with Crippen LogP contribution in [0.25, 0.3) is 0 Å². The molecule has 10 heavy (non-hydrogen) atoms. The molecule has 0 rings (SSSR count). The molecular formula is C5H13PS4. The summed E-state index contributed by atoms with van der Waals surface area (Å²) < 4.78 is -1.15. The van der Waals surface area contributed by atoms with Crippen molar-refractivity contribution in [1.29, 1.82) is 0 Å². The molecule has 0 radical (unpaired) electrons. The summed E-state index contributed by atoms with van der Waals surface area (Å²) in [5.41, 5.74) is 0. The normalized spacial score (nSPS) is 12.5. The van der Waals surface area contributed by atoms with Crippen molar-refractivity contribution in [3.63, 3.8) is 0 Å². The van der Waals surface area contributed by atoms with Gasteiger partial charge in [0.25, 0.3) is 0 Å². The molecule has 0 aliphatic heterocycles. The van der Waals surface area contributed by atoms with Crippen molar-refractivity contribution >= 4 is 49.6 Å². The van der Waals surface area contributed by atoms with Gasteiger partial charge in [0.15, 0.2) is 0 Å². The standard InChI is InChI=1S/C5H13PS4/c1-5(2)10-6(7,8-3)9-4/h5H,1-4H3. The van der Waals surface area contributed by atoms with Crippen molar-refractivity contribution in [2.75, 3.05) is 12.5 Å². The molecule has 0 nitrogen and oxygen atoms in total. The highest BCUT2D eigenvalue weighted by atomic mass is 33.5. The lowest BCUT2D eigenvalue weighted by molar-refractivity contribution is 1.12. The fourth-order valence-electron chi connectivity index (χ4n) is 0.419. The fourth-order valence-corrected chi connectivity index (χ4v) is 11.3. The number of hydrogen-bond donors (Lipinski definition) is 0. The average Bonchev–Trinajstić information content (AvgIpc) is 1.87. The Morgan fingerprint density at radius 1 is 1.20 bits per heavy atom. The molecular weight excluding hydrogens is 219 g/mol. The molecule has 0 saturated heterocycles. The minimum Gasteiger partial charge on any atom is -0.108 e. The lowest BCUT2D eigenvalue weighted by Gasteiger charge is -2.17. The van der Waals surface area contributed by atoms with Crippen LogP contribution in [0.15, 0.2) is 0 Å². The van der Waals surface area contributed by atoms with Crippen LogP contribution in [-0.4, -0.2) is 17.8 Å². The Bertz CT molecular complexity index is 126. The first-order valence-corrected chi connectivity index (χ1v) is 10.9. The molecule has 0 aliphatic rings.